The number of anilines is 1. The summed E-state index contributed by atoms with van der Waals surface area (Å²) in [6.45, 7) is 2.13. The summed E-state index contributed by atoms with van der Waals surface area (Å²) in [5.74, 6) is -1.25. The van der Waals surface area contributed by atoms with Crippen molar-refractivity contribution in [1.29, 1.82) is 0 Å². The average molecular weight is 550 g/mol. The molecule has 0 radical (unpaired) electrons. The number of halogens is 1. The van der Waals surface area contributed by atoms with E-state index in [2.05, 4.69) is 4.90 Å². The molecule has 0 bridgehead atoms. The number of carboxylic acid groups (broad SMARTS) is 1. The van der Waals surface area contributed by atoms with Crippen LogP contribution in [-0.2, 0) is 9.53 Å². The van der Waals surface area contributed by atoms with Crippen LogP contribution in [0.3, 0.4) is 0 Å². The predicted molar refractivity (Wildman–Crippen MR) is 145 cm³/mol. The molecule has 1 N–H and O–H groups in total. The van der Waals surface area contributed by atoms with Crippen LogP contribution >= 0.6 is 0 Å². The molecule has 0 amide bonds. The number of pyridine rings is 1. The summed E-state index contributed by atoms with van der Waals surface area (Å²) < 4.78 is 33.3. The molecule has 40 heavy (non-hydrogen) atoms. The third kappa shape index (κ3) is 4.31. The van der Waals surface area contributed by atoms with Crippen LogP contribution in [0, 0.1) is 5.82 Å². The number of esters is 1. The number of piperazine rings is 1. The van der Waals surface area contributed by atoms with Gasteiger partial charge in [-0.2, -0.15) is 0 Å². The van der Waals surface area contributed by atoms with Crippen LogP contribution in [0.1, 0.15) is 34.8 Å². The molecule has 6 rings (SSSR count). The van der Waals surface area contributed by atoms with Gasteiger partial charge in [0.1, 0.15) is 18.0 Å². The van der Waals surface area contributed by atoms with Gasteiger partial charge < -0.3 is 33.7 Å². The van der Waals surface area contributed by atoms with Crippen LogP contribution in [0.4, 0.5) is 10.1 Å². The Balaban J connectivity index is 1.29. The van der Waals surface area contributed by atoms with E-state index in [0.717, 1.165) is 24.6 Å². The standard InChI is InChI=1S/C29H28FN3O7/c1-38-24-6-3-16(11-25(24)39-2)26-23(15-40-29(26)37)32-9-7-31(8-10-32)22-13-21-18(12-20(22)30)27(34)19(28(35)36)14-33(21)17-4-5-17/h3,6,11-14,17H,4-5,7-10,15H2,1-2H3,(H,35,36). The van der Waals surface area contributed by atoms with Crippen LogP contribution in [0.2, 0.25) is 0 Å². The summed E-state index contributed by atoms with van der Waals surface area (Å²) >= 11 is 0. The Kier molecular flexibility index (Phi) is 6.36. The van der Waals surface area contributed by atoms with E-state index in [9.17, 15) is 19.5 Å². The molecule has 1 saturated heterocycles. The van der Waals surface area contributed by atoms with Crippen molar-refractivity contribution >= 4 is 34.1 Å². The van der Waals surface area contributed by atoms with Crippen molar-refractivity contribution in [2.45, 2.75) is 18.9 Å². The van der Waals surface area contributed by atoms with Gasteiger partial charge in [0, 0.05) is 43.8 Å². The molecule has 2 aromatic carbocycles. The largest absolute Gasteiger partial charge is 0.493 e. The Bertz CT molecular complexity index is 1630. The second-order valence-corrected chi connectivity index (χ2v) is 10.1. The number of aromatic carboxylic acids is 1. The molecule has 2 fully saturated rings. The molecular weight excluding hydrogens is 521 g/mol. The lowest BCUT2D eigenvalue weighted by molar-refractivity contribution is -0.134. The second kappa shape index (κ2) is 9.89. The molecule has 0 spiro atoms. The number of ether oxygens (including phenoxy) is 3. The maximum absolute atomic E-state index is 15.4. The predicted octanol–water partition coefficient (Wildman–Crippen LogP) is 3.28. The normalized spacial score (nSPS) is 17.4. The fourth-order valence-electron chi connectivity index (χ4n) is 5.55. The molecule has 0 unspecified atom stereocenters. The number of nitrogens with zero attached hydrogens (tertiary/aromatic N) is 3. The zero-order valence-corrected chi connectivity index (χ0v) is 22.1. The lowest BCUT2D eigenvalue weighted by atomic mass is 10.0. The fraction of sp³-hybridized carbons (Fsp3) is 0.345. The molecule has 3 heterocycles. The molecule has 11 heteroatoms. The molecular formula is C29H28FN3O7. The number of cyclic esters (lactones) is 1. The minimum atomic E-state index is -1.32. The third-order valence-corrected chi connectivity index (χ3v) is 7.78. The molecule has 3 aliphatic rings. The van der Waals surface area contributed by atoms with E-state index in [1.165, 1.54) is 13.3 Å². The summed E-state index contributed by atoms with van der Waals surface area (Å²) in [4.78, 5) is 41.1. The summed E-state index contributed by atoms with van der Waals surface area (Å²) in [5, 5.41) is 9.55. The number of benzene rings is 2. The van der Waals surface area contributed by atoms with Gasteiger partial charge in [-0.25, -0.2) is 14.0 Å². The number of carbonyl (C=O) groups excluding carboxylic acids is 1. The zero-order chi connectivity index (χ0) is 28.1. The van der Waals surface area contributed by atoms with E-state index in [-0.39, 0.29) is 23.6 Å². The first-order chi connectivity index (χ1) is 19.3. The van der Waals surface area contributed by atoms with E-state index in [0.29, 0.717) is 60.0 Å². The number of methoxy groups -OCH3 is 2. The number of fused-ring (bicyclic) bond motifs is 1. The number of carbonyl (C=O) groups is 2. The summed E-state index contributed by atoms with van der Waals surface area (Å²) in [7, 11) is 3.08. The second-order valence-electron chi connectivity index (χ2n) is 10.1. The van der Waals surface area contributed by atoms with Crippen LogP contribution in [0.25, 0.3) is 16.5 Å². The summed E-state index contributed by atoms with van der Waals surface area (Å²) in [6.07, 6.45) is 3.13. The third-order valence-electron chi connectivity index (χ3n) is 7.78. The van der Waals surface area contributed by atoms with Gasteiger partial charge >= 0.3 is 11.9 Å². The quantitative estimate of drug-likeness (QED) is 0.444. The Morgan fingerprint density at radius 2 is 1.70 bits per heavy atom. The van der Waals surface area contributed by atoms with Gasteiger partial charge in [-0.15, -0.1) is 0 Å². The van der Waals surface area contributed by atoms with Crippen molar-refractivity contribution < 1.29 is 33.3 Å². The number of hydrogen-bond acceptors (Lipinski definition) is 8. The number of hydrogen-bond donors (Lipinski definition) is 1. The lowest BCUT2D eigenvalue weighted by Gasteiger charge is -2.38. The highest BCUT2D eigenvalue weighted by Gasteiger charge is 2.33. The monoisotopic (exact) mass is 549 g/mol. The van der Waals surface area contributed by atoms with Gasteiger partial charge in [-0.05, 0) is 42.7 Å². The molecule has 208 valence electrons. The SMILES string of the molecule is COc1ccc(C2=C(N3CCN(c4cc5c(cc4F)c(=O)c(C(=O)O)cn5C4CC4)CC3)COC2=O)cc1OC. The van der Waals surface area contributed by atoms with Crippen molar-refractivity contribution in [3.05, 3.63) is 69.4 Å². The lowest BCUT2D eigenvalue weighted by Crippen LogP contribution is -2.46. The highest BCUT2D eigenvalue weighted by atomic mass is 19.1. The molecule has 10 nitrogen and oxygen atoms in total. The van der Waals surface area contributed by atoms with Crippen LogP contribution in [-0.4, -0.2) is 73.5 Å². The van der Waals surface area contributed by atoms with Gasteiger partial charge in [-0.1, -0.05) is 6.07 Å². The van der Waals surface area contributed by atoms with Gasteiger partial charge in [-0.3, -0.25) is 4.79 Å². The van der Waals surface area contributed by atoms with Crippen LogP contribution < -0.4 is 19.8 Å². The molecule has 0 atom stereocenters. The van der Waals surface area contributed by atoms with E-state index in [1.807, 2.05) is 4.90 Å². The van der Waals surface area contributed by atoms with Crippen molar-refractivity contribution in [1.82, 2.24) is 9.47 Å². The number of aromatic nitrogens is 1. The Morgan fingerprint density at radius 1 is 1.00 bits per heavy atom. The number of rotatable bonds is 7. The van der Waals surface area contributed by atoms with Crippen molar-refractivity contribution in [3.63, 3.8) is 0 Å². The molecule has 1 saturated carbocycles. The Morgan fingerprint density at radius 3 is 2.35 bits per heavy atom. The zero-order valence-electron chi connectivity index (χ0n) is 22.1. The number of carboxylic acids is 1. The molecule has 1 aliphatic carbocycles. The minimum Gasteiger partial charge on any atom is -0.493 e. The first-order valence-corrected chi connectivity index (χ1v) is 13.0. The fourth-order valence-corrected chi connectivity index (χ4v) is 5.55. The minimum absolute atomic E-state index is 0.0676. The molecule has 2 aliphatic heterocycles. The van der Waals surface area contributed by atoms with E-state index in [4.69, 9.17) is 14.2 Å². The average Bonchev–Trinajstić information content (AvgIpc) is 3.73. The van der Waals surface area contributed by atoms with Gasteiger partial charge in [0.2, 0.25) is 5.43 Å². The maximum Gasteiger partial charge on any atom is 0.341 e. The van der Waals surface area contributed by atoms with E-state index in [1.54, 1.807) is 35.9 Å². The topological polar surface area (TPSA) is 111 Å². The smallest absolute Gasteiger partial charge is 0.341 e. The first kappa shape index (κ1) is 25.7. The molecule has 1 aromatic heterocycles. The summed E-state index contributed by atoms with van der Waals surface area (Å²) in [5.41, 5.74) is 1.74. The summed E-state index contributed by atoms with van der Waals surface area (Å²) in [6, 6.07) is 8.19. The van der Waals surface area contributed by atoms with Gasteiger partial charge in [0.15, 0.2) is 11.5 Å². The Hall–Kier alpha value is -4.54. The maximum atomic E-state index is 15.4. The van der Waals surface area contributed by atoms with E-state index >= 15 is 4.39 Å². The van der Waals surface area contributed by atoms with E-state index < -0.39 is 23.2 Å². The highest BCUT2D eigenvalue weighted by Crippen LogP contribution is 2.39. The van der Waals surface area contributed by atoms with Crippen molar-refractivity contribution in [3.8, 4) is 11.5 Å². The van der Waals surface area contributed by atoms with Crippen molar-refractivity contribution in [2.75, 3.05) is 51.9 Å². The Labute approximate surface area is 228 Å². The highest BCUT2D eigenvalue weighted by molar-refractivity contribution is 6.19. The van der Waals surface area contributed by atoms with Gasteiger partial charge in [0.25, 0.3) is 0 Å². The van der Waals surface area contributed by atoms with Crippen LogP contribution in [0.15, 0.2) is 47.0 Å². The van der Waals surface area contributed by atoms with Crippen LogP contribution in [0.5, 0.6) is 11.5 Å². The van der Waals surface area contributed by atoms with Gasteiger partial charge in [0.05, 0.1) is 36.7 Å². The first-order valence-electron chi connectivity index (χ1n) is 13.0. The van der Waals surface area contributed by atoms with Crippen molar-refractivity contribution in [2.24, 2.45) is 0 Å². The molecule has 3 aromatic rings.